The van der Waals surface area contributed by atoms with E-state index < -0.39 is 0 Å². The molecule has 0 aliphatic heterocycles. The first-order chi connectivity index (χ1) is 7.76. The minimum absolute atomic E-state index is 0.389. The van der Waals surface area contributed by atoms with Gasteiger partial charge in [0.05, 0.1) is 0 Å². The largest absolute Gasteiger partial charge is 0.492 e. The van der Waals surface area contributed by atoms with Crippen molar-refractivity contribution in [3.8, 4) is 5.75 Å². The zero-order valence-electron chi connectivity index (χ0n) is 10.6. The van der Waals surface area contributed by atoms with E-state index >= 15 is 0 Å². The summed E-state index contributed by atoms with van der Waals surface area (Å²) in [5, 5.41) is 3.15. The topological polar surface area (TPSA) is 21.3 Å². The van der Waals surface area contributed by atoms with Gasteiger partial charge in [-0.1, -0.05) is 25.5 Å². The lowest BCUT2D eigenvalue weighted by molar-refractivity contribution is 0.280. The van der Waals surface area contributed by atoms with Crippen molar-refractivity contribution in [1.82, 2.24) is 5.32 Å². The molecule has 0 spiro atoms. The quantitative estimate of drug-likeness (QED) is 0.764. The maximum atomic E-state index is 5.66. The van der Waals surface area contributed by atoms with Gasteiger partial charge in [0, 0.05) is 6.04 Å². The highest BCUT2D eigenvalue weighted by Gasteiger charge is 1.99. The minimum atomic E-state index is 0.389. The predicted octanol–water partition coefficient (Wildman–Crippen LogP) is 3.02. The van der Waals surface area contributed by atoms with Gasteiger partial charge in [-0.2, -0.15) is 0 Å². The molecule has 0 saturated heterocycles. The number of unbranched alkanes of at least 4 members (excludes halogenated alkanes) is 1. The molecule has 2 nitrogen and oxygen atoms in total. The van der Waals surface area contributed by atoms with Gasteiger partial charge in [0.15, 0.2) is 0 Å². The van der Waals surface area contributed by atoms with E-state index in [1.165, 1.54) is 24.8 Å². The normalized spacial score (nSPS) is 12.4. The van der Waals surface area contributed by atoms with Crippen molar-refractivity contribution in [3.63, 3.8) is 0 Å². The molecule has 0 heterocycles. The van der Waals surface area contributed by atoms with Crippen molar-refractivity contribution < 1.29 is 4.74 Å². The van der Waals surface area contributed by atoms with Crippen LogP contribution in [-0.2, 0) is 6.42 Å². The van der Waals surface area contributed by atoms with Crippen LogP contribution in [0.15, 0.2) is 24.3 Å². The standard InChI is InChI=1S/C14H23NO/c1-4-5-6-13-7-9-14(10-8-13)16-11-12(2)15-3/h7-10,12,15H,4-6,11H2,1-3H3. The van der Waals surface area contributed by atoms with Gasteiger partial charge < -0.3 is 10.1 Å². The Labute approximate surface area is 99.0 Å². The molecule has 16 heavy (non-hydrogen) atoms. The molecule has 0 radical (unpaired) electrons. The van der Waals surface area contributed by atoms with Crippen LogP contribution in [0, 0.1) is 0 Å². The van der Waals surface area contributed by atoms with Gasteiger partial charge in [0.25, 0.3) is 0 Å². The third kappa shape index (κ3) is 4.67. The van der Waals surface area contributed by atoms with Crippen molar-refractivity contribution >= 4 is 0 Å². The molecular formula is C14H23NO. The molecule has 0 aliphatic carbocycles. The molecule has 0 saturated carbocycles. The van der Waals surface area contributed by atoms with E-state index in [-0.39, 0.29) is 0 Å². The number of ether oxygens (including phenoxy) is 1. The van der Waals surface area contributed by atoms with E-state index in [0.717, 1.165) is 5.75 Å². The molecule has 0 amide bonds. The maximum absolute atomic E-state index is 5.66. The van der Waals surface area contributed by atoms with E-state index in [1.54, 1.807) is 0 Å². The number of benzene rings is 1. The first-order valence-electron chi connectivity index (χ1n) is 6.15. The lowest BCUT2D eigenvalue weighted by Crippen LogP contribution is -2.28. The van der Waals surface area contributed by atoms with Crippen LogP contribution < -0.4 is 10.1 Å². The Hall–Kier alpha value is -1.02. The maximum Gasteiger partial charge on any atom is 0.119 e. The molecule has 1 N–H and O–H groups in total. The molecule has 0 aromatic heterocycles. The number of aryl methyl sites for hydroxylation is 1. The van der Waals surface area contributed by atoms with Crippen LogP contribution in [0.1, 0.15) is 32.3 Å². The highest BCUT2D eigenvalue weighted by atomic mass is 16.5. The Balaban J connectivity index is 2.38. The van der Waals surface area contributed by atoms with Gasteiger partial charge in [-0.25, -0.2) is 0 Å². The van der Waals surface area contributed by atoms with Gasteiger partial charge in [-0.05, 0) is 44.5 Å². The van der Waals surface area contributed by atoms with Gasteiger partial charge in [-0.15, -0.1) is 0 Å². The lowest BCUT2D eigenvalue weighted by atomic mass is 10.1. The summed E-state index contributed by atoms with van der Waals surface area (Å²) in [6, 6.07) is 8.84. The third-order valence-corrected chi connectivity index (χ3v) is 2.74. The van der Waals surface area contributed by atoms with Crippen LogP contribution in [0.4, 0.5) is 0 Å². The summed E-state index contributed by atoms with van der Waals surface area (Å²) in [5.74, 6) is 0.961. The Morgan fingerprint density at radius 2 is 1.94 bits per heavy atom. The zero-order valence-corrected chi connectivity index (χ0v) is 10.6. The van der Waals surface area contributed by atoms with Crippen LogP contribution in [0.3, 0.4) is 0 Å². The summed E-state index contributed by atoms with van der Waals surface area (Å²) in [5.41, 5.74) is 1.40. The summed E-state index contributed by atoms with van der Waals surface area (Å²) >= 11 is 0. The molecule has 1 atom stereocenters. The third-order valence-electron chi connectivity index (χ3n) is 2.74. The van der Waals surface area contributed by atoms with Gasteiger partial charge in [-0.3, -0.25) is 0 Å². The molecule has 1 aromatic rings. The Bertz CT molecular complexity index is 281. The second-order valence-electron chi connectivity index (χ2n) is 4.25. The number of likely N-dealkylation sites (N-methyl/N-ethyl adjacent to an activating group) is 1. The van der Waals surface area contributed by atoms with Crippen molar-refractivity contribution in [3.05, 3.63) is 29.8 Å². The fourth-order valence-corrected chi connectivity index (χ4v) is 1.44. The van der Waals surface area contributed by atoms with Crippen LogP contribution in [-0.4, -0.2) is 19.7 Å². The average molecular weight is 221 g/mol. The highest BCUT2D eigenvalue weighted by molar-refractivity contribution is 5.27. The summed E-state index contributed by atoms with van der Waals surface area (Å²) in [4.78, 5) is 0. The van der Waals surface area contributed by atoms with Crippen LogP contribution in [0.2, 0.25) is 0 Å². The van der Waals surface area contributed by atoms with Gasteiger partial charge >= 0.3 is 0 Å². The molecule has 0 bridgehead atoms. The Morgan fingerprint density at radius 3 is 2.50 bits per heavy atom. The first kappa shape index (κ1) is 13.0. The summed E-state index contributed by atoms with van der Waals surface area (Å²) in [6.45, 7) is 5.04. The monoisotopic (exact) mass is 221 g/mol. The van der Waals surface area contributed by atoms with Crippen LogP contribution >= 0.6 is 0 Å². The molecule has 2 heteroatoms. The van der Waals surface area contributed by atoms with Crippen molar-refractivity contribution in [2.45, 2.75) is 39.2 Å². The molecular weight excluding hydrogens is 198 g/mol. The fraction of sp³-hybridized carbons (Fsp3) is 0.571. The number of hydrogen-bond donors (Lipinski definition) is 1. The van der Waals surface area contributed by atoms with Crippen LogP contribution in [0.5, 0.6) is 5.75 Å². The molecule has 1 aromatic carbocycles. The molecule has 0 fully saturated rings. The SMILES string of the molecule is CCCCc1ccc(OCC(C)NC)cc1. The molecule has 1 unspecified atom stereocenters. The second kappa shape index (κ2) is 7.29. The smallest absolute Gasteiger partial charge is 0.119 e. The summed E-state index contributed by atoms with van der Waals surface area (Å²) in [6.07, 6.45) is 3.68. The van der Waals surface area contributed by atoms with Crippen LogP contribution in [0.25, 0.3) is 0 Å². The molecule has 0 aliphatic rings. The predicted molar refractivity (Wildman–Crippen MR) is 69.1 cm³/mol. The van der Waals surface area contributed by atoms with Crippen molar-refractivity contribution in [2.24, 2.45) is 0 Å². The van der Waals surface area contributed by atoms with E-state index in [4.69, 9.17) is 4.74 Å². The van der Waals surface area contributed by atoms with Gasteiger partial charge in [0.2, 0.25) is 0 Å². The van der Waals surface area contributed by atoms with Crippen molar-refractivity contribution in [1.29, 1.82) is 0 Å². The Morgan fingerprint density at radius 1 is 1.25 bits per heavy atom. The van der Waals surface area contributed by atoms with Crippen molar-refractivity contribution in [2.75, 3.05) is 13.7 Å². The van der Waals surface area contributed by atoms with E-state index in [9.17, 15) is 0 Å². The number of nitrogens with one attached hydrogen (secondary N) is 1. The summed E-state index contributed by atoms with van der Waals surface area (Å²) in [7, 11) is 1.95. The minimum Gasteiger partial charge on any atom is -0.492 e. The first-order valence-corrected chi connectivity index (χ1v) is 6.15. The van der Waals surface area contributed by atoms with E-state index in [1.807, 2.05) is 7.05 Å². The second-order valence-corrected chi connectivity index (χ2v) is 4.25. The highest BCUT2D eigenvalue weighted by Crippen LogP contribution is 2.14. The average Bonchev–Trinajstić information content (AvgIpc) is 2.34. The summed E-state index contributed by atoms with van der Waals surface area (Å²) < 4.78 is 5.66. The number of rotatable bonds is 7. The molecule has 1 rings (SSSR count). The van der Waals surface area contributed by atoms with E-state index in [2.05, 4.69) is 43.4 Å². The zero-order chi connectivity index (χ0) is 11.8. The fourth-order valence-electron chi connectivity index (χ4n) is 1.44. The number of hydrogen-bond acceptors (Lipinski definition) is 2. The Kier molecular flexibility index (Phi) is 5.94. The molecule has 90 valence electrons. The van der Waals surface area contributed by atoms with E-state index in [0.29, 0.717) is 12.6 Å². The van der Waals surface area contributed by atoms with Gasteiger partial charge in [0.1, 0.15) is 12.4 Å². The lowest BCUT2D eigenvalue weighted by Gasteiger charge is -2.12.